The monoisotopic (exact) mass is 266 g/mol. The van der Waals surface area contributed by atoms with Crippen molar-refractivity contribution < 1.29 is 22.7 Å². The van der Waals surface area contributed by atoms with Crippen LogP contribution in [-0.4, -0.2) is 19.1 Å². The maximum atomic E-state index is 12.0. The van der Waals surface area contributed by atoms with Gasteiger partial charge in [-0.15, -0.1) is 0 Å². The van der Waals surface area contributed by atoms with E-state index in [1.807, 2.05) is 0 Å². The van der Waals surface area contributed by atoms with E-state index in [1.54, 1.807) is 0 Å². The Kier molecular flexibility index (Phi) is 4.40. The molecule has 0 N–H and O–H groups in total. The van der Waals surface area contributed by atoms with Crippen LogP contribution in [0.15, 0.2) is 18.2 Å². The molecule has 0 spiro atoms. The van der Waals surface area contributed by atoms with Crippen LogP contribution in [0.4, 0.5) is 13.2 Å². The van der Waals surface area contributed by atoms with Gasteiger partial charge in [-0.25, -0.2) is 0 Å². The molecule has 17 heavy (non-hydrogen) atoms. The summed E-state index contributed by atoms with van der Waals surface area (Å²) < 4.78 is 40.8. The van der Waals surface area contributed by atoms with Crippen LogP contribution in [0.5, 0.6) is 5.75 Å². The number of alkyl halides is 3. The first-order chi connectivity index (χ1) is 7.83. The van der Waals surface area contributed by atoms with Crippen LogP contribution < -0.4 is 4.74 Å². The minimum absolute atomic E-state index is 0.112. The van der Waals surface area contributed by atoms with E-state index in [0.29, 0.717) is 5.02 Å². The summed E-state index contributed by atoms with van der Waals surface area (Å²) in [5.41, 5.74) is 0.112. The lowest BCUT2D eigenvalue weighted by molar-refractivity contribution is -0.133. The third kappa shape index (κ3) is 4.26. The fraction of sp³-hybridized carbons (Fsp3) is 0.364. The van der Waals surface area contributed by atoms with E-state index in [-0.39, 0.29) is 11.3 Å². The Morgan fingerprint density at radius 1 is 1.41 bits per heavy atom. The van der Waals surface area contributed by atoms with Crippen molar-refractivity contribution in [3.8, 4) is 5.75 Å². The van der Waals surface area contributed by atoms with Crippen molar-refractivity contribution in [3.05, 3.63) is 28.8 Å². The van der Waals surface area contributed by atoms with E-state index in [9.17, 15) is 18.0 Å². The SMILES string of the molecule is COc1cc(Cl)ccc1C(=O)CCC(F)(F)F. The molecule has 6 heteroatoms. The van der Waals surface area contributed by atoms with E-state index in [1.165, 1.54) is 25.3 Å². The van der Waals surface area contributed by atoms with Gasteiger partial charge in [0, 0.05) is 11.4 Å². The number of rotatable bonds is 4. The van der Waals surface area contributed by atoms with Crippen molar-refractivity contribution in [3.63, 3.8) is 0 Å². The van der Waals surface area contributed by atoms with Crippen LogP contribution in [0, 0.1) is 0 Å². The summed E-state index contributed by atoms with van der Waals surface area (Å²) in [5, 5.41) is 0.356. The minimum Gasteiger partial charge on any atom is -0.496 e. The highest BCUT2D eigenvalue weighted by molar-refractivity contribution is 6.30. The predicted octanol–water partition coefficient (Wildman–Crippen LogP) is 3.87. The summed E-state index contributed by atoms with van der Waals surface area (Å²) in [4.78, 5) is 11.6. The molecule has 94 valence electrons. The Bertz CT molecular complexity index is 416. The summed E-state index contributed by atoms with van der Waals surface area (Å²) in [7, 11) is 1.33. The zero-order valence-corrected chi connectivity index (χ0v) is 9.73. The van der Waals surface area contributed by atoms with Gasteiger partial charge < -0.3 is 4.74 Å². The van der Waals surface area contributed by atoms with Gasteiger partial charge in [0.25, 0.3) is 0 Å². The molecule has 0 aromatic heterocycles. The fourth-order valence-corrected chi connectivity index (χ4v) is 1.45. The molecule has 0 saturated carbocycles. The lowest BCUT2D eigenvalue weighted by atomic mass is 10.1. The molecule has 0 heterocycles. The van der Waals surface area contributed by atoms with E-state index < -0.39 is 24.8 Å². The molecule has 0 saturated heterocycles. The number of halogens is 4. The van der Waals surface area contributed by atoms with E-state index >= 15 is 0 Å². The number of carbonyl (C=O) groups is 1. The predicted molar refractivity (Wildman–Crippen MR) is 57.6 cm³/mol. The molecular weight excluding hydrogens is 257 g/mol. The van der Waals surface area contributed by atoms with Gasteiger partial charge in [-0.2, -0.15) is 13.2 Å². The van der Waals surface area contributed by atoms with Gasteiger partial charge in [0.05, 0.1) is 19.1 Å². The molecule has 0 aliphatic heterocycles. The van der Waals surface area contributed by atoms with Crippen molar-refractivity contribution in [2.45, 2.75) is 19.0 Å². The van der Waals surface area contributed by atoms with Crippen molar-refractivity contribution in [1.82, 2.24) is 0 Å². The molecular formula is C11H10ClF3O2. The highest BCUT2D eigenvalue weighted by Crippen LogP contribution is 2.27. The largest absolute Gasteiger partial charge is 0.496 e. The maximum absolute atomic E-state index is 12.0. The smallest absolute Gasteiger partial charge is 0.389 e. The molecule has 0 aliphatic rings. The Balaban J connectivity index is 2.82. The van der Waals surface area contributed by atoms with Crippen LogP contribution in [-0.2, 0) is 0 Å². The van der Waals surface area contributed by atoms with Crippen molar-refractivity contribution in [1.29, 1.82) is 0 Å². The first kappa shape index (κ1) is 13.8. The molecule has 1 rings (SSSR count). The average Bonchev–Trinajstić information content (AvgIpc) is 2.24. The Labute approximate surface area is 101 Å². The van der Waals surface area contributed by atoms with Crippen LogP contribution in [0.25, 0.3) is 0 Å². The molecule has 0 fully saturated rings. The van der Waals surface area contributed by atoms with Crippen molar-refractivity contribution in [2.24, 2.45) is 0 Å². The summed E-state index contributed by atoms with van der Waals surface area (Å²) in [6.45, 7) is 0. The second kappa shape index (κ2) is 5.40. The van der Waals surface area contributed by atoms with Gasteiger partial charge in [-0.3, -0.25) is 4.79 Å². The van der Waals surface area contributed by atoms with Gasteiger partial charge in [-0.05, 0) is 18.2 Å². The summed E-state index contributed by atoms with van der Waals surface area (Å²) >= 11 is 5.68. The molecule has 2 nitrogen and oxygen atoms in total. The number of ether oxygens (including phenoxy) is 1. The van der Waals surface area contributed by atoms with Gasteiger partial charge in [0.2, 0.25) is 0 Å². The summed E-state index contributed by atoms with van der Waals surface area (Å²) in [6, 6.07) is 4.19. The number of hydrogen-bond acceptors (Lipinski definition) is 2. The van der Waals surface area contributed by atoms with Crippen LogP contribution in [0.1, 0.15) is 23.2 Å². The Morgan fingerprint density at radius 3 is 2.59 bits per heavy atom. The third-order valence-electron chi connectivity index (χ3n) is 2.10. The fourth-order valence-electron chi connectivity index (χ4n) is 1.29. The lowest BCUT2D eigenvalue weighted by Gasteiger charge is -2.09. The zero-order chi connectivity index (χ0) is 13.1. The summed E-state index contributed by atoms with van der Waals surface area (Å²) in [5.74, 6) is -0.430. The van der Waals surface area contributed by atoms with Crippen LogP contribution in [0.3, 0.4) is 0 Å². The molecule has 1 aromatic carbocycles. The van der Waals surface area contributed by atoms with Crippen LogP contribution in [0.2, 0.25) is 5.02 Å². The number of methoxy groups -OCH3 is 1. The van der Waals surface area contributed by atoms with Crippen LogP contribution >= 0.6 is 11.6 Å². The van der Waals surface area contributed by atoms with E-state index in [0.717, 1.165) is 0 Å². The highest BCUT2D eigenvalue weighted by atomic mass is 35.5. The zero-order valence-electron chi connectivity index (χ0n) is 8.97. The standard InChI is InChI=1S/C11H10ClF3O2/c1-17-10-6-7(12)2-3-8(10)9(16)4-5-11(13,14)15/h2-3,6H,4-5H2,1H3. The first-order valence-electron chi connectivity index (χ1n) is 4.77. The maximum Gasteiger partial charge on any atom is 0.389 e. The second-order valence-corrected chi connectivity index (χ2v) is 3.82. The minimum atomic E-state index is -4.34. The normalized spacial score (nSPS) is 11.4. The average molecular weight is 267 g/mol. The molecule has 0 aliphatic carbocycles. The lowest BCUT2D eigenvalue weighted by Crippen LogP contribution is -2.11. The molecule has 1 aromatic rings. The Hall–Kier alpha value is -1.23. The van der Waals surface area contributed by atoms with Gasteiger partial charge in [0.15, 0.2) is 5.78 Å². The highest BCUT2D eigenvalue weighted by Gasteiger charge is 2.28. The Morgan fingerprint density at radius 2 is 2.06 bits per heavy atom. The number of Topliss-reactive ketones (excluding diaryl/α,β-unsaturated/α-hetero) is 1. The van der Waals surface area contributed by atoms with Gasteiger partial charge in [0.1, 0.15) is 5.75 Å². The quantitative estimate of drug-likeness (QED) is 0.773. The first-order valence-corrected chi connectivity index (χ1v) is 5.15. The molecule has 0 bridgehead atoms. The van der Waals surface area contributed by atoms with Gasteiger partial charge in [-0.1, -0.05) is 11.6 Å². The molecule has 0 amide bonds. The summed E-state index contributed by atoms with van der Waals surface area (Å²) in [6.07, 6.45) is -6.07. The van der Waals surface area contributed by atoms with Crippen molar-refractivity contribution >= 4 is 17.4 Å². The number of hydrogen-bond donors (Lipinski definition) is 0. The van der Waals surface area contributed by atoms with Gasteiger partial charge >= 0.3 is 6.18 Å². The third-order valence-corrected chi connectivity index (χ3v) is 2.33. The molecule has 0 atom stereocenters. The van der Waals surface area contributed by atoms with E-state index in [2.05, 4.69) is 0 Å². The molecule has 0 radical (unpaired) electrons. The van der Waals surface area contributed by atoms with E-state index in [4.69, 9.17) is 16.3 Å². The topological polar surface area (TPSA) is 26.3 Å². The number of ketones is 1. The number of benzene rings is 1. The molecule has 0 unspecified atom stereocenters. The second-order valence-electron chi connectivity index (χ2n) is 3.38. The number of carbonyl (C=O) groups excluding carboxylic acids is 1. The van der Waals surface area contributed by atoms with Crippen molar-refractivity contribution in [2.75, 3.05) is 7.11 Å².